The van der Waals surface area contributed by atoms with E-state index in [-0.39, 0.29) is 24.1 Å². The molecular weight excluding hydrogens is 444 g/mol. The zero-order valence-electron chi connectivity index (χ0n) is 24.1. The van der Waals surface area contributed by atoms with E-state index in [2.05, 4.69) is 59.8 Å². The zero-order chi connectivity index (χ0) is 26.1. The van der Waals surface area contributed by atoms with Crippen molar-refractivity contribution in [2.45, 2.75) is 118 Å². The molecule has 0 aromatic rings. The number of hydrogen-bond acceptors (Lipinski definition) is 3. The molecule has 3 heteroatoms. The van der Waals surface area contributed by atoms with Crippen molar-refractivity contribution in [1.29, 1.82) is 0 Å². The van der Waals surface area contributed by atoms with Crippen molar-refractivity contribution in [2.75, 3.05) is 6.61 Å². The van der Waals surface area contributed by atoms with Crippen molar-refractivity contribution in [1.82, 2.24) is 0 Å². The van der Waals surface area contributed by atoms with Gasteiger partial charge in [-0.15, -0.1) is 0 Å². The lowest BCUT2D eigenvalue weighted by Crippen LogP contribution is -2.51. The monoisotopic (exact) mass is 498 g/mol. The van der Waals surface area contributed by atoms with E-state index in [1.165, 1.54) is 38.5 Å². The Morgan fingerprint density at radius 1 is 1.11 bits per heavy atom. The topological polar surface area (TPSA) is 46.5 Å². The van der Waals surface area contributed by atoms with Crippen LogP contribution < -0.4 is 0 Å². The van der Waals surface area contributed by atoms with Crippen molar-refractivity contribution >= 4 is 5.97 Å². The van der Waals surface area contributed by atoms with E-state index >= 15 is 0 Å². The summed E-state index contributed by atoms with van der Waals surface area (Å²) < 4.78 is 5.81. The van der Waals surface area contributed by atoms with Gasteiger partial charge < -0.3 is 9.84 Å². The van der Waals surface area contributed by atoms with Crippen LogP contribution in [0.3, 0.4) is 0 Å². The average Bonchev–Trinajstić information content (AvgIpc) is 3.20. The van der Waals surface area contributed by atoms with E-state index in [1.807, 2.05) is 0 Å². The van der Waals surface area contributed by atoms with Crippen LogP contribution in [0.1, 0.15) is 112 Å². The number of carbonyl (C=O) groups is 1. The summed E-state index contributed by atoms with van der Waals surface area (Å²) in [5, 5.41) is 9.01. The van der Waals surface area contributed by atoms with Gasteiger partial charge in [0.2, 0.25) is 0 Å². The Morgan fingerprint density at radius 2 is 1.89 bits per heavy atom. The molecule has 0 bridgehead atoms. The molecule has 4 rings (SSSR count). The predicted molar refractivity (Wildman–Crippen MR) is 148 cm³/mol. The number of aliphatic hydroxyl groups excluding tert-OH is 1. The maximum atomic E-state index is 12.2. The lowest BCUT2D eigenvalue weighted by Gasteiger charge is -2.58. The molecule has 0 amide bonds. The van der Waals surface area contributed by atoms with Crippen LogP contribution in [0.15, 0.2) is 23.8 Å². The number of aliphatic hydroxyl groups is 1. The van der Waals surface area contributed by atoms with Crippen LogP contribution in [0.4, 0.5) is 0 Å². The number of fused-ring (bicyclic) bond motifs is 5. The van der Waals surface area contributed by atoms with Crippen LogP contribution in [0.5, 0.6) is 0 Å². The van der Waals surface area contributed by atoms with Gasteiger partial charge in [0.25, 0.3) is 0 Å². The van der Waals surface area contributed by atoms with E-state index in [0.717, 1.165) is 48.9 Å². The lowest BCUT2D eigenvalue weighted by atomic mass is 9.47. The van der Waals surface area contributed by atoms with Crippen LogP contribution in [-0.2, 0) is 9.53 Å². The zero-order valence-corrected chi connectivity index (χ0v) is 24.1. The van der Waals surface area contributed by atoms with Crippen LogP contribution >= 0.6 is 0 Å². The molecule has 0 unspecified atom stereocenters. The average molecular weight is 499 g/mol. The second-order valence-corrected chi connectivity index (χ2v) is 13.7. The summed E-state index contributed by atoms with van der Waals surface area (Å²) in [4.78, 5) is 12.2. The molecule has 0 aliphatic heterocycles. The highest BCUT2D eigenvalue weighted by molar-refractivity contribution is 5.69. The summed E-state index contributed by atoms with van der Waals surface area (Å²) in [5.41, 5.74) is 2.34. The van der Waals surface area contributed by atoms with Gasteiger partial charge in [0.15, 0.2) is 0 Å². The number of allylic oxidation sites excluding steroid dienone is 3. The van der Waals surface area contributed by atoms with Gasteiger partial charge in [0, 0.05) is 19.4 Å². The van der Waals surface area contributed by atoms with E-state index in [9.17, 15) is 4.79 Å². The lowest BCUT2D eigenvalue weighted by molar-refractivity contribution is -0.151. The molecular formula is C33H54O3. The van der Waals surface area contributed by atoms with Crippen LogP contribution in [0, 0.1) is 52.3 Å². The summed E-state index contributed by atoms with van der Waals surface area (Å²) >= 11 is 0. The summed E-state index contributed by atoms with van der Waals surface area (Å²) in [6.07, 6.45) is 19.6. The molecule has 3 nitrogen and oxygen atoms in total. The Balaban J connectivity index is 1.44. The van der Waals surface area contributed by atoms with Crippen molar-refractivity contribution in [3.8, 4) is 0 Å². The standard InChI is InChI=1S/C33H54O3/c1-7-24(22(2)3)11-10-23(4)28-14-15-29-27-13-12-25-21-26(36-31(35)9-8-20-34)16-18-32(25,5)30(27)17-19-33(28,29)6/h10-12,22-24,26-30,34H,7-9,13-21H2,1-6H3/b11-10+/t23-,24-,26+,27+,28-,29+,30+,32+,33-/m1/s1. The summed E-state index contributed by atoms with van der Waals surface area (Å²) in [6, 6.07) is 0. The van der Waals surface area contributed by atoms with Crippen LogP contribution in [-0.4, -0.2) is 23.8 Å². The molecule has 3 saturated carbocycles. The first-order valence-electron chi connectivity index (χ1n) is 15.3. The number of carbonyl (C=O) groups excluding carboxylic acids is 1. The Labute approximate surface area is 221 Å². The summed E-state index contributed by atoms with van der Waals surface area (Å²) in [5.74, 6) is 5.25. The Hall–Kier alpha value is -1.09. The maximum Gasteiger partial charge on any atom is 0.306 e. The molecule has 1 N–H and O–H groups in total. The molecule has 0 aromatic heterocycles. The number of esters is 1. The van der Waals surface area contributed by atoms with Crippen LogP contribution in [0.25, 0.3) is 0 Å². The normalized spacial score (nSPS) is 39.8. The SMILES string of the molecule is CC[C@H](/C=C/[C@@H](C)[C@H]1CC[C@H]2[C@@H]3CC=C4C[C@@H](OC(=O)CCCO)CC[C@]4(C)[C@H]3CC[C@]12C)C(C)C. The summed E-state index contributed by atoms with van der Waals surface area (Å²) in [6.45, 7) is 14.8. The second-order valence-electron chi connectivity index (χ2n) is 13.7. The second kappa shape index (κ2) is 11.3. The third-order valence-electron chi connectivity index (χ3n) is 11.6. The Morgan fingerprint density at radius 3 is 2.58 bits per heavy atom. The molecule has 4 aliphatic carbocycles. The molecule has 0 radical (unpaired) electrons. The molecule has 3 fully saturated rings. The Bertz CT molecular complexity index is 827. The first-order valence-corrected chi connectivity index (χ1v) is 15.3. The smallest absolute Gasteiger partial charge is 0.306 e. The maximum absolute atomic E-state index is 12.2. The van der Waals surface area contributed by atoms with Gasteiger partial charge in [-0.25, -0.2) is 0 Å². The highest BCUT2D eigenvalue weighted by atomic mass is 16.5. The quantitative estimate of drug-likeness (QED) is 0.258. The Kier molecular flexibility index (Phi) is 8.80. The van der Waals surface area contributed by atoms with Crippen molar-refractivity contribution in [2.24, 2.45) is 52.3 Å². The minimum absolute atomic E-state index is 0.0298. The first kappa shape index (κ1) is 27.9. The fourth-order valence-corrected chi connectivity index (χ4v) is 9.38. The number of hydrogen-bond donors (Lipinski definition) is 1. The van der Waals surface area contributed by atoms with Gasteiger partial charge in [0.05, 0.1) is 0 Å². The van der Waals surface area contributed by atoms with Gasteiger partial charge in [-0.1, -0.05) is 65.3 Å². The van der Waals surface area contributed by atoms with E-state index < -0.39 is 0 Å². The van der Waals surface area contributed by atoms with Gasteiger partial charge in [-0.3, -0.25) is 4.79 Å². The predicted octanol–water partition coefficient (Wildman–Crippen LogP) is 8.12. The van der Waals surface area contributed by atoms with E-state index in [4.69, 9.17) is 9.84 Å². The highest BCUT2D eigenvalue weighted by Gasteiger charge is 2.59. The first-order chi connectivity index (χ1) is 17.1. The molecule has 0 aromatic carbocycles. The fourth-order valence-electron chi connectivity index (χ4n) is 9.38. The highest BCUT2D eigenvalue weighted by Crippen LogP contribution is 2.67. The molecule has 0 saturated heterocycles. The largest absolute Gasteiger partial charge is 0.462 e. The molecule has 0 heterocycles. The summed E-state index contributed by atoms with van der Waals surface area (Å²) in [7, 11) is 0. The van der Waals surface area contributed by atoms with Crippen molar-refractivity contribution in [3.63, 3.8) is 0 Å². The third kappa shape index (κ3) is 5.25. The number of rotatable bonds is 9. The number of ether oxygens (including phenoxy) is 1. The van der Waals surface area contributed by atoms with Crippen molar-refractivity contribution < 1.29 is 14.6 Å². The fraction of sp³-hybridized carbons (Fsp3) is 0.848. The molecule has 0 spiro atoms. The molecule has 4 aliphatic rings. The minimum Gasteiger partial charge on any atom is -0.462 e. The molecule has 204 valence electrons. The minimum atomic E-state index is -0.140. The molecule has 9 atom stereocenters. The molecule has 36 heavy (non-hydrogen) atoms. The van der Waals surface area contributed by atoms with E-state index in [0.29, 0.717) is 30.1 Å². The van der Waals surface area contributed by atoms with Crippen molar-refractivity contribution in [3.05, 3.63) is 23.8 Å². The van der Waals surface area contributed by atoms with E-state index in [1.54, 1.807) is 5.57 Å². The third-order valence-corrected chi connectivity index (χ3v) is 11.6. The van der Waals surface area contributed by atoms with Gasteiger partial charge in [0.1, 0.15) is 6.10 Å². The van der Waals surface area contributed by atoms with Gasteiger partial charge in [-0.05, 0) is 110 Å². The van der Waals surface area contributed by atoms with Gasteiger partial charge in [-0.2, -0.15) is 0 Å². The van der Waals surface area contributed by atoms with Crippen LogP contribution in [0.2, 0.25) is 0 Å². The van der Waals surface area contributed by atoms with Gasteiger partial charge >= 0.3 is 5.97 Å².